The molecule has 0 aliphatic rings. The summed E-state index contributed by atoms with van der Waals surface area (Å²) in [4.78, 5) is 0. The van der Waals surface area contributed by atoms with Crippen LogP contribution in [0.4, 0.5) is 5.82 Å². The lowest BCUT2D eigenvalue weighted by molar-refractivity contribution is 0.340. The molecule has 2 aromatic rings. The monoisotopic (exact) mass is 329 g/mol. The number of ether oxygens (including phenoxy) is 1. The minimum atomic E-state index is 0.561. The highest BCUT2D eigenvalue weighted by Crippen LogP contribution is 2.35. The second kappa shape index (κ2) is 5.20. The predicted molar refractivity (Wildman–Crippen MR) is 76.9 cm³/mol. The Morgan fingerprint density at radius 3 is 2.72 bits per heavy atom. The van der Waals surface area contributed by atoms with Crippen LogP contribution >= 0.6 is 27.5 Å². The third-order valence-corrected chi connectivity index (χ3v) is 3.61. The van der Waals surface area contributed by atoms with Gasteiger partial charge in [-0.3, -0.25) is 4.68 Å². The van der Waals surface area contributed by atoms with E-state index in [4.69, 9.17) is 22.1 Å². The quantitative estimate of drug-likeness (QED) is 0.937. The van der Waals surface area contributed by atoms with Crippen LogP contribution in [0.15, 0.2) is 22.7 Å². The standard InChI is InChI=1S/C12H13BrClN3O/c1-3-18-9-5-4-7(6-8(9)14)11-10(13)12(15)17(2)16-11/h4-6H,3,15H2,1-2H3. The molecule has 0 bridgehead atoms. The SMILES string of the molecule is CCOc1ccc(-c2nn(C)c(N)c2Br)cc1Cl. The van der Waals surface area contributed by atoms with Gasteiger partial charge in [0.15, 0.2) is 0 Å². The van der Waals surface area contributed by atoms with E-state index >= 15 is 0 Å². The molecule has 1 aromatic heterocycles. The molecule has 0 amide bonds. The highest BCUT2D eigenvalue weighted by molar-refractivity contribution is 9.10. The van der Waals surface area contributed by atoms with Crippen LogP contribution in [0.2, 0.25) is 5.02 Å². The van der Waals surface area contributed by atoms with Gasteiger partial charge in [0.2, 0.25) is 0 Å². The molecule has 0 spiro atoms. The molecule has 0 atom stereocenters. The van der Waals surface area contributed by atoms with E-state index in [1.165, 1.54) is 0 Å². The van der Waals surface area contributed by atoms with Gasteiger partial charge in [-0.05, 0) is 41.1 Å². The minimum Gasteiger partial charge on any atom is -0.492 e. The molecule has 0 aliphatic carbocycles. The second-order valence-electron chi connectivity index (χ2n) is 3.75. The number of hydrogen-bond donors (Lipinski definition) is 1. The third kappa shape index (κ3) is 2.33. The molecular formula is C12H13BrClN3O. The zero-order valence-electron chi connectivity index (χ0n) is 10.1. The number of rotatable bonds is 3. The van der Waals surface area contributed by atoms with Crippen LogP contribution in [-0.2, 0) is 7.05 Å². The van der Waals surface area contributed by atoms with E-state index < -0.39 is 0 Å². The van der Waals surface area contributed by atoms with Gasteiger partial charge < -0.3 is 10.5 Å². The fourth-order valence-corrected chi connectivity index (χ4v) is 2.42. The highest BCUT2D eigenvalue weighted by Gasteiger charge is 2.14. The topological polar surface area (TPSA) is 53.1 Å². The smallest absolute Gasteiger partial charge is 0.137 e. The molecule has 4 nitrogen and oxygen atoms in total. The van der Waals surface area contributed by atoms with E-state index in [1.807, 2.05) is 25.1 Å². The Hall–Kier alpha value is -1.20. The Balaban J connectivity index is 2.45. The molecular weight excluding hydrogens is 318 g/mol. The van der Waals surface area contributed by atoms with Crippen LogP contribution in [-0.4, -0.2) is 16.4 Å². The fraction of sp³-hybridized carbons (Fsp3) is 0.250. The first-order valence-electron chi connectivity index (χ1n) is 5.45. The number of aromatic nitrogens is 2. The van der Waals surface area contributed by atoms with Crippen LogP contribution in [0.1, 0.15) is 6.92 Å². The molecule has 1 heterocycles. The zero-order chi connectivity index (χ0) is 13.3. The molecule has 0 radical (unpaired) electrons. The molecule has 96 valence electrons. The van der Waals surface area contributed by atoms with E-state index in [9.17, 15) is 0 Å². The number of nitrogen functional groups attached to an aromatic ring is 1. The normalized spacial score (nSPS) is 10.7. The van der Waals surface area contributed by atoms with E-state index in [-0.39, 0.29) is 0 Å². The average Bonchev–Trinajstić information content (AvgIpc) is 2.60. The molecule has 6 heteroatoms. The van der Waals surface area contributed by atoms with Crippen LogP contribution in [0.5, 0.6) is 5.75 Å². The first-order valence-corrected chi connectivity index (χ1v) is 6.62. The summed E-state index contributed by atoms with van der Waals surface area (Å²) in [6, 6.07) is 5.56. The number of nitrogens with two attached hydrogens (primary N) is 1. The largest absolute Gasteiger partial charge is 0.492 e. The van der Waals surface area contributed by atoms with Gasteiger partial charge in [-0.25, -0.2) is 0 Å². The maximum Gasteiger partial charge on any atom is 0.137 e. The molecule has 18 heavy (non-hydrogen) atoms. The average molecular weight is 331 g/mol. The van der Waals surface area contributed by atoms with Gasteiger partial charge in [-0.15, -0.1) is 0 Å². The molecule has 0 unspecified atom stereocenters. The summed E-state index contributed by atoms with van der Waals surface area (Å²) in [6.07, 6.45) is 0. The molecule has 0 saturated carbocycles. The van der Waals surface area contributed by atoms with E-state index in [2.05, 4.69) is 21.0 Å². The van der Waals surface area contributed by atoms with Crippen LogP contribution in [0.3, 0.4) is 0 Å². The second-order valence-corrected chi connectivity index (χ2v) is 4.95. The number of hydrogen-bond acceptors (Lipinski definition) is 3. The predicted octanol–water partition coefficient (Wildman–Crippen LogP) is 3.48. The number of benzene rings is 1. The molecule has 0 aliphatic heterocycles. The number of aryl methyl sites for hydroxylation is 1. The maximum atomic E-state index is 6.15. The van der Waals surface area contributed by atoms with Gasteiger partial charge in [0.25, 0.3) is 0 Å². The third-order valence-electron chi connectivity index (χ3n) is 2.54. The van der Waals surface area contributed by atoms with Crippen molar-refractivity contribution < 1.29 is 4.74 Å². The van der Waals surface area contributed by atoms with Gasteiger partial charge in [-0.2, -0.15) is 5.10 Å². The van der Waals surface area contributed by atoms with E-state index in [0.717, 1.165) is 15.7 Å². The molecule has 2 rings (SSSR count). The van der Waals surface area contributed by atoms with E-state index in [1.54, 1.807) is 11.7 Å². The summed E-state index contributed by atoms with van der Waals surface area (Å²) in [7, 11) is 1.79. The minimum absolute atomic E-state index is 0.561. The van der Waals surface area contributed by atoms with Crippen molar-refractivity contribution in [1.29, 1.82) is 0 Å². The lowest BCUT2D eigenvalue weighted by atomic mass is 10.1. The summed E-state index contributed by atoms with van der Waals surface area (Å²) >= 11 is 9.58. The van der Waals surface area contributed by atoms with Crippen LogP contribution in [0, 0.1) is 0 Å². The molecule has 0 saturated heterocycles. The Labute approximate surface area is 119 Å². The maximum absolute atomic E-state index is 6.15. The van der Waals surface area contributed by atoms with Crippen molar-refractivity contribution in [3.05, 3.63) is 27.7 Å². The van der Waals surface area contributed by atoms with Crippen molar-refractivity contribution in [3.63, 3.8) is 0 Å². The fourth-order valence-electron chi connectivity index (χ4n) is 1.62. The van der Waals surface area contributed by atoms with Crippen molar-refractivity contribution in [2.24, 2.45) is 7.05 Å². The van der Waals surface area contributed by atoms with E-state index in [0.29, 0.717) is 23.2 Å². The molecule has 0 fully saturated rings. The first kappa shape index (κ1) is 13.2. The van der Waals surface area contributed by atoms with Crippen LogP contribution < -0.4 is 10.5 Å². The lowest BCUT2D eigenvalue weighted by Gasteiger charge is -2.06. The summed E-state index contributed by atoms with van der Waals surface area (Å²) in [5.41, 5.74) is 7.51. The highest BCUT2D eigenvalue weighted by atomic mass is 79.9. The Morgan fingerprint density at radius 1 is 1.50 bits per heavy atom. The molecule has 1 aromatic carbocycles. The molecule has 2 N–H and O–H groups in total. The summed E-state index contributed by atoms with van der Waals surface area (Å²) < 4.78 is 7.78. The first-order chi connectivity index (χ1) is 8.54. The Kier molecular flexibility index (Phi) is 3.82. The van der Waals surface area contributed by atoms with Crippen molar-refractivity contribution in [2.45, 2.75) is 6.92 Å². The summed E-state index contributed by atoms with van der Waals surface area (Å²) in [6.45, 7) is 2.50. The Morgan fingerprint density at radius 2 is 2.22 bits per heavy atom. The van der Waals surface area contributed by atoms with Crippen molar-refractivity contribution in [2.75, 3.05) is 12.3 Å². The Bertz CT molecular complexity index is 583. The van der Waals surface area contributed by atoms with Gasteiger partial charge in [0.05, 0.1) is 16.1 Å². The van der Waals surface area contributed by atoms with Gasteiger partial charge >= 0.3 is 0 Å². The van der Waals surface area contributed by atoms with Crippen molar-refractivity contribution in [1.82, 2.24) is 9.78 Å². The number of anilines is 1. The number of halogens is 2. The summed E-state index contributed by atoms with van der Waals surface area (Å²) in [5, 5.41) is 4.90. The van der Waals surface area contributed by atoms with Crippen molar-refractivity contribution in [3.8, 4) is 17.0 Å². The summed E-state index contributed by atoms with van der Waals surface area (Å²) in [5.74, 6) is 1.25. The lowest BCUT2D eigenvalue weighted by Crippen LogP contribution is -1.97. The van der Waals surface area contributed by atoms with Crippen LogP contribution in [0.25, 0.3) is 11.3 Å². The van der Waals surface area contributed by atoms with Gasteiger partial charge in [0, 0.05) is 12.6 Å². The van der Waals surface area contributed by atoms with Gasteiger partial charge in [-0.1, -0.05) is 11.6 Å². The van der Waals surface area contributed by atoms with Gasteiger partial charge in [0.1, 0.15) is 17.3 Å². The zero-order valence-corrected chi connectivity index (χ0v) is 12.4. The number of nitrogens with zero attached hydrogens (tertiary/aromatic N) is 2. The van der Waals surface area contributed by atoms with Crippen molar-refractivity contribution >= 4 is 33.3 Å².